The summed E-state index contributed by atoms with van der Waals surface area (Å²) in [6.45, 7) is 0. The zero-order valence-corrected chi connectivity index (χ0v) is 13.9. The standard InChI is InChI=1S/C23H19NO/c25-24-16-18-7-5-6-17(14-18)15-23-21-10-3-1-8-19(21)12-13-20-9-2-4-11-22(20)23/h1-11,14-16,25H,12-13H2. The first-order valence-corrected chi connectivity index (χ1v) is 8.51. The largest absolute Gasteiger partial charge is 0.411 e. The first kappa shape index (κ1) is 15.4. The minimum atomic E-state index is 0.882. The van der Waals surface area contributed by atoms with Gasteiger partial charge < -0.3 is 5.21 Å². The summed E-state index contributed by atoms with van der Waals surface area (Å²) in [7, 11) is 0. The Labute approximate surface area is 147 Å². The molecule has 0 atom stereocenters. The summed E-state index contributed by atoms with van der Waals surface area (Å²) in [5.74, 6) is 0. The molecule has 0 heterocycles. The van der Waals surface area contributed by atoms with Gasteiger partial charge in [0.25, 0.3) is 0 Å². The van der Waals surface area contributed by atoms with Gasteiger partial charge in [-0.05, 0) is 63.9 Å². The van der Waals surface area contributed by atoms with Gasteiger partial charge in [0, 0.05) is 0 Å². The van der Waals surface area contributed by atoms with Crippen LogP contribution >= 0.6 is 0 Å². The molecule has 0 aliphatic heterocycles. The summed E-state index contributed by atoms with van der Waals surface area (Å²) >= 11 is 0. The van der Waals surface area contributed by atoms with Crippen LogP contribution in [0.5, 0.6) is 0 Å². The number of fused-ring (bicyclic) bond motifs is 2. The van der Waals surface area contributed by atoms with Crippen molar-refractivity contribution in [2.24, 2.45) is 5.16 Å². The molecule has 3 aromatic rings. The van der Waals surface area contributed by atoms with Crippen molar-refractivity contribution < 1.29 is 5.21 Å². The predicted octanol–water partition coefficient (Wildman–Crippen LogP) is 5.18. The molecular formula is C23H19NO. The van der Waals surface area contributed by atoms with Gasteiger partial charge in [-0.15, -0.1) is 0 Å². The van der Waals surface area contributed by atoms with Crippen molar-refractivity contribution in [1.82, 2.24) is 0 Å². The highest BCUT2D eigenvalue weighted by molar-refractivity contribution is 5.94. The number of benzene rings is 3. The summed E-state index contributed by atoms with van der Waals surface area (Å²) < 4.78 is 0. The maximum atomic E-state index is 8.78. The second kappa shape index (κ2) is 6.78. The van der Waals surface area contributed by atoms with Crippen LogP contribution in [0, 0.1) is 0 Å². The van der Waals surface area contributed by atoms with E-state index in [-0.39, 0.29) is 0 Å². The Bertz CT molecular complexity index is 920. The highest BCUT2D eigenvalue weighted by Gasteiger charge is 2.17. The molecule has 0 aromatic heterocycles. The van der Waals surface area contributed by atoms with Gasteiger partial charge in [-0.3, -0.25) is 0 Å². The molecule has 0 amide bonds. The molecule has 1 N–H and O–H groups in total. The molecule has 3 aromatic carbocycles. The van der Waals surface area contributed by atoms with Gasteiger partial charge in [0.1, 0.15) is 0 Å². The lowest BCUT2D eigenvalue weighted by atomic mass is 9.92. The van der Waals surface area contributed by atoms with Gasteiger partial charge >= 0.3 is 0 Å². The topological polar surface area (TPSA) is 32.6 Å². The van der Waals surface area contributed by atoms with E-state index >= 15 is 0 Å². The van der Waals surface area contributed by atoms with Crippen LogP contribution in [0.3, 0.4) is 0 Å². The molecule has 0 spiro atoms. The number of aryl methyl sites for hydroxylation is 2. The average molecular weight is 325 g/mol. The molecule has 0 unspecified atom stereocenters. The van der Waals surface area contributed by atoms with Crippen molar-refractivity contribution in [3.8, 4) is 0 Å². The Kier molecular flexibility index (Phi) is 4.17. The molecule has 2 heteroatoms. The number of hydrogen-bond donors (Lipinski definition) is 1. The molecular weight excluding hydrogens is 306 g/mol. The van der Waals surface area contributed by atoms with E-state index < -0.39 is 0 Å². The predicted molar refractivity (Wildman–Crippen MR) is 103 cm³/mol. The van der Waals surface area contributed by atoms with E-state index in [0.29, 0.717) is 0 Å². The van der Waals surface area contributed by atoms with Crippen LogP contribution in [-0.2, 0) is 12.8 Å². The van der Waals surface area contributed by atoms with Crippen LogP contribution in [-0.4, -0.2) is 11.4 Å². The Balaban J connectivity index is 1.92. The van der Waals surface area contributed by atoms with Crippen LogP contribution in [0.15, 0.2) is 78.0 Å². The minimum absolute atomic E-state index is 0.882. The fourth-order valence-corrected chi connectivity index (χ4v) is 3.53. The summed E-state index contributed by atoms with van der Waals surface area (Å²) in [4.78, 5) is 0. The smallest absolute Gasteiger partial charge is 0.0734 e. The number of rotatable bonds is 2. The lowest BCUT2D eigenvalue weighted by molar-refractivity contribution is 0.322. The second-order valence-electron chi connectivity index (χ2n) is 6.29. The third kappa shape index (κ3) is 3.11. The van der Waals surface area contributed by atoms with Gasteiger partial charge in [-0.2, -0.15) is 0 Å². The highest BCUT2D eigenvalue weighted by atomic mass is 16.4. The second-order valence-corrected chi connectivity index (χ2v) is 6.29. The van der Waals surface area contributed by atoms with E-state index in [4.69, 9.17) is 5.21 Å². The lowest BCUT2D eigenvalue weighted by Gasteiger charge is -2.12. The Hall–Kier alpha value is -3.13. The van der Waals surface area contributed by atoms with Crippen LogP contribution in [0.2, 0.25) is 0 Å². The van der Waals surface area contributed by atoms with Crippen molar-refractivity contribution >= 4 is 17.9 Å². The quantitative estimate of drug-likeness (QED) is 0.393. The van der Waals surface area contributed by atoms with E-state index in [1.165, 1.54) is 34.0 Å². The molecule has 0 radical (unpaired) electrons. The number of oxime groups is 1. The summed E-state index contributed by atoms with van der Waals surface area (Å²) in [5, 5.41) is 11.9. The molecule has 25 heavy (non-hydrogen) atoms. The number of nitrogens with zero attached hydrogens (tertiary/aromatic N) is 1. The van der Waals surface area contributed by atoms with Crippen LogP contribution < -0.4 is 0 Å². The molecule has 0 fully saturated rings. The Morgan fingerprint density at radius 2 is 1.32 bits per heavy atom. The first-order valence-electron chi connectivity index (χ1n) is 8.51. The zero-order chi connectivity index (χ0) is 17.1. The summed E-state index contributed by atoms with van der Waals surface area (Å²) in [5.41, 5.74) is 8.60. The SMILES string of the molecule is ON=Cc1cccc(C=C2c3ccccc3CCc3ccccc32)c1. The van der Waals surface area contributed by atoms with E-state index in [9.17, 15) is 0 Å². The maximum Gasteiger partial charge on any atom is 0.0734 e. The van der Waals surface area contributed by atoms with Crippen molar-refractivity contribution in [3.05, 3.63) is 106 Å². The lowest BCUT2D eigenvalue weighted by Crippen LogP contribution is -1.92. The molecule has 0 bridgehead atoms. The zero-order valence-electron chi connectivity index (χ0n) is 13.9. The van der Waals surface area contributed by atoms with Gasteiger partial charge in [0.15, 0.2) is 0 Å². The number of hydrogen-bond acceptors (Lipinski definition) is 2. The third-order valence-corrected chi connectivity index (χ3v) is 4.71. The Morgan fingerprint density at radius 1 is 0.720 bits per heavy atom. The summed E-state index contributed by atoms with van der Waals surface area (Å²) in [6.07, 6.45) is 5.80. The van der Waals surface area contributed by atoms with Crippen LogP contribution in [0.1, 0.15) is 33.4 Å². The van der Waals surface area contributed by atoms with E-state index in [2.05, 4.69) is 65.8 Å². The monoisotopic (exact) mass is 325 g/mol. The van der Waals surface area contributed by atoms with Crippen LogP contribution in [0.4, 0.5) is 0 Å². The van der Waals surface area contributed by atoms with Crippen molar-refractivity contribution in [1.29, 1.82) is 0 Å². The molecule has 4 rings (SSSR count). The molecule has 0 saturated heterocycles. The van der Waals surface area contributed by atoms with Crippen molar-refractivity contribution in [2.75, 3.05) is 0 Å². The van der Waals surface area contributed by atoms with Crippen molar-refractivity contribution in [2.45, 2.75) is 12.8 Å². The van der Waals surface area contributed by atoms with Crippen molar-refractivity contribution in [3.63, 3.8) is 0 Å². The van der Waals surface area contributed by atoms with Crippen LogP contribution in [0.25, 0.3) is 11.6 Å². The fraction of sp³-hybridized carbons (Fsp3) is 0.0870. The molecule has 122 valence electrons. The van der Waals surface area contributed by atoms with E-state index in [1.54, 1.807) is 0 Å². The Morgan fingerprint density at radius 3 is 1.96 bits per heavy atom. The minimum Gasteiger partial charge on any atom is -0.411 e. The average Bonchev–Trinajstić information content (AvgIpc) is 2.80. The maximum absolute atomic E-state index is 8.78. The molecule has 1 aliphatic rings. The van der Waals surface area contributed by atoms with E-state index in [1.807, 2.05) is 18.2 Å². The third-order valence-electron chi connectivity index (χ3n) is 4.71. The van der Waals surface area contributed by atoms with Gasteiger partial charge in [0.2, 0.25) is 0 Å². The molecule has 1 aliphatic carbocycles. The first-order chi connectivity index (χ1) is 12.3. The fourth-order valence-electron chi connectivity index (χ4n) is 3.53. The van der Waals surface area contributed by atoms with Gasteiger partial charge in [-0.25, -0.2) is 0 Å². The van der Waals surface area contributed by atoms with Gasteiger partial charge in [-0.1, -0.05) is 71.9 Å². The molecule has 0 saturated carbocycles. The summed E-state index contributed by atoms with van der Waals surface area (Å²) in [6, 6.07) is 25.3. The normalized spacial score (nSPS) is 13.2. The highest BCUT2D eigenvalue weighted by Crippen LogP contribution is 2.34. The van der Waals surface area contributed by atoms with E-state index in [0.717, 1.165) is 24.0 Å². The molecule has 2 nitrogen and oxygen atoms in total. The van der Waals surface area contributed by atoms with Gasteiger partial charge in [0.05, 0.1) is 6.21 Å².